The molecule has 2 aromatic rings. The van der Waals surface area contributed by atoms with E-state index in [-0.39, 0.29) is 29.5 Å². The molecule has 4 unspecified atom stereocenters. The highest BCUT2D eigenvalue weighted by molar-refractivity contribution is 5.93. The van der Waals surface area contributed by atoms with Crippen molar-refractivity contribution in [3.05, 3.63) is 42.3 Å². The van der Waals surface area contributed by atoms with Gasteiger partial charge >= 0.3 is 5.97 Å². The fourth-order valence-electron chi connectivity index (χ4n) is 4.17. The summed E-state index contributed by atoms with van der Waals surface area (Å²) in [6.45, 7) is 0. The van der Waals surface area contributed by atoms with Gasteiger partial charge in [0.2, 0.25) is 5.89 Å². The Kier molecular flexibility index (Phi) is 3.59. The molecule has 124 valence electrons. The molecule has 2 aliphatic rings. The summed E-state index contributed by atoms with van der Waals surface area (Å²) in [4.78, 5) is 28.2. The number of carbonyl (C=O) groups is 2. The van der Waals surface area contributed by atoms with E-state index in [1.807, 2.05) is 30.3 Å². The van der Waals surface area contributed by atoms with Gasteiger partial charge in [-0.25, -0.2) is 4.98 Å². The molecule has 6 heteroatoms. The number of aromatic nitrogens is 1. The minimum Gasteiger partial charge on any atom is -0.481 e. The lowest BCUT2D eigenvalue weighted by Gasteiger charge is -2.28. The molecule has 0 aliphatic heterocycles. The summed E-state index contributed by atoms with van der Waals surface area (Å²) in [7, 11) is 0. The Bertz CT molecular complexity index is 770. The van der Waals surface area contributed by atoms with Crippen LogP contribution >= 0.6 is 0 Å². The van der Waals surface area contributed by atoms with Crippen molar-refractivity contribution in [2.75, 3.05) is 0 Å². The number of carboxylic acid groups (broad SMARTS) is 1. The average Bonchev–Trinajstić information content (AvgIpc) is 3.31. The molecule has 0 saturated heterocycles. The van der Waals surface area contributed by atoms with Crippen molar-refractivity contribution in [2.24, 2.45) is 17.8 Å². The maximum absolute atomic E-state index is 12.5. The zero-order chi connectivity index (χ0) is 16.7. The van der Waals surface area contributed by atoms with Crippen molar-refractivity contribution in [1.82, 2.24) is 10.3 Å². The molecule has 2 saturated carbocycles. The monoisotopic (exact) mass is 326 g/mol. The van der Waals surface area contributed by atoms with E-state index in [0.29, 0.717) is 5.89 Å². The average molecular weight is 326 g/mol. The van der Waals surface area contributed by atoms with Gasteiger partial charge < -0.3 is 14.8 Å². The van der Waals surface area contributed by atoms with E-state index in [1.165, 1.54) is 6.26 Å². The molecule has 4 atom stereocenters. The van der Waals surface area contributed by atoms with Crippen LogP contribution in [-0.4, -0.2) is 28.0 Å². The van der Waals surface area contributed by atoms with Gasteiger partial charge in [-0.15, -0.1) is 0 Å². The van der Waals surface area contributed by atoms with E-state index in [0.717, 1.165) is 24.8 Å². The van der Waals surface area contributed by atoms with Gasteiger partial charge in [0.25, 0.3) is 5.91 Å². The van der Waals surface area contributed by atoms with Gasteiger partial charge in [-0.05, 0) is 43.2 Å². The van der Waals surface area contributed by atoms with Crippen LogP contribution in [0, 0.1) is 17.8 Å². The SMILES string of the molecule is O=C(NC1C2CCC(C2)C1C(=O)O)c1coc(-c2ccccc2)n1. The molecule has 0 spiro atoms. The maximum Gasteiger partial charge on any atom is 0.308 e. The number of rotatable bonds is 4. The molecule has 1 heterocycles. The molecule has 0 radical (unpaired) electrons. The van der Waals surface area contributed by atoms with Crippen molar-refractivity contribution < 1.29 is 19.1 Å². The lowest BCUT2D eigenvalue weighted by molar-refractivity contribution is -0.144. The summed E-state index contributed by atoms with van der Waals surface area (Å²) in [6, 6.07) is 9.01. The normalized spacial score (nSPS) is 28.0. The second kappa shape index (κ2) is 5.78. The smallest absolute Gasteiger partial charge is 0.308 e. The maximum atomic E-state index is 12.5. The molecule has 6 nitrogen and oxygen atoms in total. The Balaban J connectivity index is 1.51. The molecule has 4 rings (SSSR count). The van der Waals surface area contributed by atoms with Crippen LogP contribution in [0.1, 0.15) is 29.8 Å². The fraction of sp³-hybridized carbons (Fsp3) is 0.389. The van der Waals surface area contributed by atoms with Crippen LogP contribution in [0.2, 0.25) is 0 Å². The number of fused-ring (bicyclic) bond motifs is 2. The Morgan fingerprint density at radius 2 is 1.92 bits per heavy atom. The van der Waals surface area contributed by atoms with Crippen LogP contribution in [0.15, 0.2) is 41.0 Å². The number of hydrogen-bond acceptors (Lipinski definition) is 4. The molecule has 1 aromatic heterocycles. The van der Waals surface area contributed by atoms with E-state index < -0.39 is 11.9 Å². The highest BCUT2D eigenvalue weighted by Gasteiger charge is 2.51. The largest absolute Gasteiger partial charge is 0.481 e. The highest BCUT2D eigenvalue weighted by atomic mass is 16.4. The van der Waals surface area contributed by atoms with Crippen LogP contribution in [0.3, 0.4) is 0 Å². The molecule has 2 bridgehead atoms. The van der Waals surface area contributed by atoms with Gasteiger partial charge in [-0.3, -0.25) is 9.59 Å². The van der Waals surface area contributed by atoms with Crippen molar-refractivity contribution >= 4 is 11.9 Å². The molecule has 2 fully saturated rings. The second-order valence-electron chi connectivity index (χ2n) is 6.60. The second-order valence-corrected chi connectivity index (χ2v) is 6.60. The summed E-state index contributed by atoms with van der Waals surface area (Å²) in [5, 5.41) is 12.3. The first kappa shape index (κ1) is 14.9. The Labute approximate surface area is 138 Å². The number of benzene rings is 1. The predicted molar refractivity (Wildman–Crippen MR) is 85.2 cm³/mol. The zero-order valence-corrected chi connectivity index (χ0v) is 13.0. The van der Waals surface area contributed by atoms with Crippen LogP contribution in [0.5, 0.6) is 0 Å². The summed E-state index contributed by atoms with van der Waals surface area (Å²) >= 11 is 0. The standard InChI is InChI=1S/C18H18N2O4/c21-16(13-9-24-17(19-13)10-4-2-1-3-5-10)20-15-12-7-6-11(8-12)14(15)18(22)23/h1-5,9,11-12,14-15H,6-8H2,(H,20,21)(H,22,23). The van der Waals surface area contributed by atoms with Crippen molar-refractivity contribution in [3.63, 3.8) is 0 Å². The van der Waals surface area contributed by atoms with E-state index >= 15 is 0 Å². The van der Waals surface area contributed by atoms with Gasteiger partial charge in [-0.1, -0.05) is 18.2 Å². The highest BCUT2D eigenvalue weighted by Crippen LogP contribution is 2.48. The third kappa shape index (κ3) is 2.48. The Morgan fingerprint density at radius 3 is 2.67 bits per heavy atom. The van der Waals surface area contributed by atoms with Crippen LogP contribution in [-0.2, 0) is 4.79 Å². The number of nitrogens with zero attached hydrogens (tertiary/aromatic N) is 1. The summed E-state index contributed by atoms with van der Waals surface area (Å²) in [6.07, 6.45) is 4.13. The van der Waals surface area contributed by atoms with Crippen molar-refractivity contribution in [3.8, 4) is 11.5 Å². The molecule has 1 amide bonds. The number of carboxylic acids is 1. The van der Waals surface area contributed by atoms with Gasteiger partial charge in [-0.2, -0.15) is 0 Å². The van der Waals surface area contributed by atoms with Crippen molar-refractivity contribution in [1.29, 1.82) is 0 Å². The fourth-order valence-corrected chi connectivity index (χ4v) is 4.17. The van der Waals surface area contributed by atoms with Crippen molar-refractivity contribution in [2.45, 2.75) is 25.3 Å². The molecular weight excluding hydrogens is 308 g/mol. The molecule has 24 heavy (non-hydrogen) atoms. The molecular formula is C18H18N2O4. The van der Waals surface area contributed by atoms with E-state index in [9.17, 15) is 14.7 Å². The third-order valence-electron chi connectivity index (χ3n) is 5.26. The van der Waals surface area contributed by atoms with E-state index in [2.05, 4.69) is 10.3 Å². The summed E-state index contributed by atoms with van der Waals surface area (Å²) in [5.74, 6) is -0.880. The Hall–Kier alpha value is -2.63. The van der Waals surface area contributed by atoms with Gasteiger partial charge in [0.05, 0.1) is 5.92 Å². The number of aliphatic carboxylic acids is 1. The zero-order valence-electron chi connectivity index (χ0n) is 13.0. The Morgan fingerprint density at radius 1 is 1.17 bits per heavy atom. The minimum absolute atomic E-state index is 0.176. The number of nitrogens with one attached hydrogen (secondary N) is 1. The first-order chi connectivity index (χ1) is 11.6. The number of amides is 1. The lowest BCUT2D eigenvalue weighted by atomic mass is 9.84. The van der Waals surface area contributed by atoms with E-state index in [1.54, 1.807) is 0 Å². The first-order valence-corrected chi connectivity index (χ1v) is 8.18. The van der Waals surface area contributed by atoms with Crippen LogP contribution in [0.25, 0.3) is 11.5 Å². The van der Waals surface area contributed by atoms with Gasteiger partial charge in [0.1, 0.15) is 6.26 Å². The minimum atomic E-state index is -0.822. The summed E-state index contributed by atoms with van der Waals surface area (Å²) < 4.78 is 5.38. The summed E-state index contributed by atoms with van der Waals surface area (Å²) in [5.41, 5.74) is 0.973. The topological polar surface area (TPSA) is 92.4 Å². The first-order valence-electron chi connectivity index (χ1n) is 8.18. The third-order valence-corrected chi connectivity index (χ3v) is 5.26. The lowest BCUT2D eigenvalue weighted by Crippen LogP contribution is -2.46. The number of carbonyl (C=O) groups excluding carboxylic acids is 1. The van der Waals surface area contributed by atoms with Crippen LogP contribution < -0.4 is 5.32 Å². The molecule has 1 aromatic carbocycles. The van der Waals surface area contributed by atoms with E-state index in [4.69, 9.17) is 4.42 Å². The number of oxazole rings is 1. The number of hydrogen-bond donors (Lipinski definition) is 2. The van der Waals surface area contributed by atoms with Gasteiger partial charge in [0.15, 0.2) is 5.69 Å². The molecule has 2 aliphatic carbocycles. The molecule has 2 N–H and O–H groups in total. The predicted octanol–water partition coefficient (Wildman–Crippen LogP) is 2.57. The van der Waals surface area contributed by atoms with Gasteiger partial charge in [0, 0.05) is 11.6 Å². The quantitative estimate of drug-likeness (QED) is 0.901. The van der Waals surface area contributed by atoms with Crippen LogP contribution in [0.4, 0.5) is 0 Å².